The summed E-state index contributed by atoms with van der Waals surface area (Å²) in [4.78, 5) is 16.5. The molecule has 1 aliphatic rings. The second kappa shape index (κ2) is 9.94. The number of para-hydroxylation sites is 1. The van der Waals surface area contributed by atoms with Crippen molar-refractivity contribution in [2.24, 2.45) is 0 Å². The maximum absolute atomic E-state index is 11.8. The lowest BCUT2D eigenvalue weighted by atomic mass is 10.2. The summed E-state index contributed by atoms with van der Waals surface area (Å²) in [5, 5.41) is 6.89. The van der Waals surface area contributed by atoms with Crippen LogP contribution in [-0.2, 0) is 4.79 Å². The van der Waals surface area contributed by atoms with Crippen LogP contribution in [0.3, 0.4) is 0 Å². The molecule has 7 heteroatoms. The summed E-state index contributed by atoms with van der Waals surface area (Å²) in [6.07, 6.45) is 2.33. The average molecular weight is 383 g/mol. The lowest BCUT2D eigenvalue weighted by molar-refractivity contribution is -0.119. The molecule has 0 aromatic heterocycles. The van der Waals surface area contributed by atoms with Crippen molar-refractivity contribution in [3.05, 3.63) is 23.2 Å². The Hall–Kier alpha value is -1.37. The molecule has 2 N–H and O–H groups in total. The Morgan fingerprint density at radius 3 is 2.60 bits per heavy atom. The van der Waals surface area contributed by atoms with Gasteiger partial charge in [-0.15, -0.1) is 0 Å². The van der Waals surface area contributed by atoms with Crippen molar-refractivity contribution in [1.82, 2.24) is 10.2 Å². The highest BCUT2D eigenvalue weighted by Crippen LogP contribution is 2.34. The largest absolute Gasteiger partial charge is 0.366 e. The van der Waals surface area contributed by atoms with Crippen LogP contribution in [0, 0.1) is 0 Å². The topological polar surface area (TPSA) is 47.6 Å². The zero-order valence-corrected chi connectivity index (χ0v) is 16.6. The number of anilines is 2. The van der Waals surface area contributed by atoms with E-state index in [4.69, 9.17) is 23.8 Å². The van der Waals surface area contributed by atoms with Gasteiger partial charge in [0, 0.05) is 32.6 Å². The molecular weight excluding hydrogens is 356 g/mol. The molecule has 138 valence electrons. The highest BCUT2D eigenvalue weighted by atomic mass is 35.5. The second-order valence-electron chi connectivity index (χ2n) is 6.16. The fourth-order valence-electron chi connectivity index (χ4n) is 2.91. The molecule has 0 saturated carbocycles. The van der Waals surface area contributed by atoms with E-state index < -0.39 is 0 Å². The summed E-state index contributed by atoms with van der Waals surface area (Å²) in [6, 6.07) is 5.72. The summed E-state index contributed by atoms with van der Waals surface area (Å²) in [6.45, 7) is 9.16. The van der Waals surface area contributed by atoms with E-state index in [1.54, 1.807) is 0 Å². The Morgan fingerprint density at radius 2 is 1.96 bits per heavy atom. The molecule has 25 heavy (non-hydrogen) atoms. The molecule has 2 rings (SSSR count). The highest BCUT2D eigenvalue weighted by molar-refractivity contribution is 7.80. The lowest BCUT2D eigenvalue weighted by Crippen LogP contribution is -2.46. The fraction of sp³-hybridized carbons (Fsp3) is 0.556. The van der Waals surface area contributed by atoms with Crippen molar-refractivity contribution in [3.8, 4) is 0 Å². The van der Waals surface area contributed by atoms with E-state index in [2.05, 4.69) is 34.3 Å². The summed E-state index contributed by atoms with van der Waals surface area (Å²) in [5.41, 5.74) is 1.78. The van der Waals surface area contributed by atoms with Gasteiger partial charge in [-0.25, -0.2) is 0 Å². The second-order valence-corrected chi connectivity index (χ2v) is 6.98. The third-order valence-corrected chi connectivity index (χ3v) is 4.89. The number of carbonyl (C=O) groups excluding carboxylic acids is 1. The minimum Gasteiger partial charge on any atom is -0.366 e. The minimum absolute atomic E-state index is 0.0560. The number of amides is 1. The number of nitrogens with zero attached hydrogens (tertiary/aromatic N) is 2. The first-order chi connectivity index (χ1) is 12.0. The SMILES string of the molecule is CCCCC(=O)NC(=S)Nc1cccc(Cl)c1N1CCN(CC)CC1. The molecule has 1 saturated heterocycles. The van der Waals surface area contributed by atoms with E-state index in [0.29, 0.717) is 16.6 Å². The Balaban J connectivity index is 2.05. The predicted molar refractivity (Wildman–Crippen MR) is 110 cm³/mol. The first-order valence-corrected chi connectivity index (χ1v) is 9.70. The first-order valence-electron chi connectivity index (χ1n) is 8.91. The smallest absolute Gasteiger partial charge is 0.226 e. The molecule has 1 amide bonds. The molecule has 0 aliphatic carbocycles. The number of hydrogen-bond acceptors (Lipinski definition) is 4. The summed E-state index contributed by atoms with van der Waals surface area (Å²) >= 11 is 11.8. The summed E-state index contributed by atoms with van der Waals surface area (Å²) in [5.74, 6) is -0.0560. The number of nitrogens with one attached hydrogen (secondary N) is 2. The van der Waals surface area contributed by atoms with Crippen LogP contribution >= 0.6 is 23.8 Å². The Kier molecular flexibility index (Phi) is 7.93. The van der Waals surface area contributed by atoms with Crippen LogP contribution in [0.15, 0.2) is 18.2 Å². The molecule has 0 unspecified atom stereocenters. The van der Waals surface area contributed by atoms with Gasteiger partial charge in [0.1, 0.15) is 0 Å². The van der Waals surface area contributed by atoms with Gasteiger partial charge in [0.2, 0.25) is 5.91 Å². The molecule has 1 fully saturated rings. The first kappa shape index (κ1) is 19.9. The Morgan fingerprint density at radius 1 is 1.24 bits per heavy atom. The van der Waals surface area contributed by atoms with Crippen LogP contribution in [0.2, 0.25) is 5.02 Å². The molecule has 1 aromatic rings. The molecule has 0 spiro atoms. The third kappa shape index (κ3) is 5.83. The maximum atomic E-state index is 11.8. The highest BCUT2D eigenvalue weighted by Gasteiger charge is 2.21. The van der Waals surface area contributed by atoms with E-state index in [9.17, 15) is 4.79 Å². The van der Waals surface area contributed by atoms with Gasteiger partial charge >= 0.3 is 0 Å². The molecule has 1 aromatic carbocycles. The van der Waals surface area contributed by atoms with Gasteiger partial charge < -0.3 is 20.4 Å². The zero-order valence-electron chi connectivity index (χ0n) is 15.0. The molecule has 0 radical (unpaired) electrons. The van der Waals surface area contributed by atoms with Crippen LogP contribution in [0.5, 0.6) is 0 Å². The van der Waals surface area contributed by atoms with Crippen LogP contribution in [0.25, 0.3) is 0 Å². The van der Waals surface area contributed by atoms with Crippen molar-refractivity contribution in [1.29, 1.82) is 0 Å². The number of rotatable bonds is 6. The quantitative estimate of drug-likeness (QED) is 0.737. The zero-order chi connectivity index (χ0) is 18.2. The predicted octanol–water partition coefficient (Wildman–Crippen LogP) is 3.49. The van der Waals surface area contributed by atoms with Crippen LogP contribution in [0.1, 0.15) is 33.1 Å². The van der Waals surface area contributed by atoms with Gasteiger partial charge in [-0.1, -0.05) is 37.9 Å². The fourth-order valence-corrected chi connectivity index (χ4v) is 3.42. The van der Waals surface area contributed by atoms with Gasteiger partial charge in [0.25, 0.3) is 0 Å². The number of carbonyl (C=O) groups is 1. The van der Waals surface area contributed by atoms with E-state index in [0.717, 1.165) is 56.9 Å². The van der Waals surface area contributed by atoms with Crippen molar-refractivity contribution < 1.29 is 4.79 Å². The minimum atomic E-state index is -0.0560. The summed E-state index contributed by atoms with van der Waals surface area (Å²) < 4.78 is 0. The normalized spacial score (nSPS) is 15.1. The summed E-state index contributed by atoms with van der Waals surface area (Å²) in [7, 11) is 0. The van der Waals surface area contributed by atoms with Gasteiger partial charge in [-0.05, 0) is 37.3 Å². The standard InChI is InChI=1S/C18H27ClN4OS/c1-3-5-9-16(24)21-18(25)20-15-8-6-7-14(19)17(15)23-12-10-22(4-2)11-13-23/h6-8H,3-5,9-13H2,1-2H3,(H2,20,21,24,25). The maximum Gasteiger partial charge on any atom is 0.226 e. The van der Waals surface area contributed by atoms with Gasteiger partial charge in [0.15, 0.2) is 5.11 Å². The van der Waals surface area contributed by atoms with E-state index >= 15 is 0 Å². The average Bonchev–Trinajstić information content (AvgIpc) is 2.60. The monoisotopic (exact) mass is 382 g/mol. The molecule has 0 bridgehead atoms. The number of thiocarbonyl (C=S) groups is 1. The van der Waals surface area contributed by atoms with Crippen molar-refractivity contribution >= 4 is 46.2 Å². The molecule has 0 atom stereocenters. The Bertz CT molecular complexity index is 603. The number of piperazine rings is 1. The lowest BCUT2D eigenvalue weighted by Gasteiger charge is -2.37. The van der Waals surface area contributed by atoms with E-state index in [-0.39, 0.29) is 5.91 Å². The number of hydrogen-bond donors (Lipinski definition) is 2. The van der Waals surface area contributed by atoms with Crippen molar-refractivity contribution in [3.63, 3.8) is 0 Å². The number of likely N-dealkylation sites (N-methyl/N-ethyl adjacent to an activating group) is 1. The van der Waals surface area contributed by atoms with Gasteiger partial charge in [-0.3, -0.25) is 4.79 Å². The van der Waals surface area contributed by atoms with Gasteiger partial charge in [-0.2, -0.15) is 0 Å². The van der Waals surface area contributed by atoms with Gasteiger partial charge in [0.05, 0.1) is 16.4 Å². The molecule has 5 nitrogen and oxygen atoms in total. The number of halogens is 1. The van der Waals surface area contributed by atoms with E-state index in [1.165, 1.54) is 0 Å². The molecule has 1 aliphatic heterocycles. The van der Waals surface area contributed by atoms with Crippen LogP contribution in [-0.4, -0.2) is 48.6 Å². The molecule has 1 heterocycles. The van der Waals surface area contributed by atoms with Crippen molar-refractivity contribution in [2.75, 3.05) is 42.9 Å². The molecular formula is C18H27ClN4OS. The number of benzene rings is 1. The van der Waals surface area contributed by atoms with Crippen LogP contribution in [0.4, 0.5) is 11.4 Å². The third-order valence-electron chi connectivity index (χ3n) is 4.38. The van der Waals surface area contributed by atoms with Crippen molar-refractivity contribution in [2.45, 2.75) is 33.1 Å². The van der Waals surface area contributed by atoms with Crippen LogP contribution < -0.4 is 15.5 Å². The van der Waals surface area contributed by atoms with E-state index in [1.807, 2.05) is 18.2 Å². The number of unbranched alkanes of at least 4 members (excludes halogenated alkanes) is 1. The Labute approximate surface area is 160 Å².